The van der Waals surface area contributed by atoms with Crippen molar-refractivity contribution in [3.63, 3.8) is 0 Å². The Morgan fingerprint density at radius 3 is 1.68 bits per heavy atom. The van der Waals surface area contributed by atoms with Crippen molar-refractivity contribution < 1.29 is 9.59 Å². The van der Waals surface area contributed by atoms with Crippen LogP contribution in [0, 0.1) is 0 Å². The third-order valence-electron chi connectivity index (χ3n) is 4.89. The van der Waals surface area contributed by atoms with Crippen molar-refractivity contribution >= 4 is 23.2 Å². The fourth-order valence-electron chi connectivity index (χ4n) is 3.27. The average molecular weight is 406 g/mol. The van der Waals surface area contributed by atoms with Crippen molar-refractivity contribution in [3.05, 3.63) is 120 Å². The Kier molecular flexibility index (Phi) is 6.19. The van der Waals surface area contributed by atoms with E-state index >= 15 is 0 Å². The first-order chi connectivity index (χ1) is 15.2. The van der Waals surface area contributed by atoms with Gasteiger partial charge in [-0.05, 0) is 53.1 Å². The number of anilines is 2. The number of carbonyl (C=O) groups is 2. The van der Waals surface area contributed by atoms with E-state index in [1.165, 1.54) is 0 Å². The predicted molar refractivity (Wildman–Crippen MR) is 125 cm³/mol. The van der Waals surface area contributed by atoms with Gasteiger partial charge >= 0.3 is 0 Å². The minimum Gasteiger partial charge on any atom is -0.326 e. The first-order valence-electron chi connectivity index (χ1n) is 10.1. The zero-order valence-electron chi connectivity index (χ0n) is 16.9. The van der Waals surface area contributed by atoms with Crippen molar-refractivity contribution in [1.29, 1.82) is 0 Å². The molecular weight excluding hydrogens is 384 g/mol. The zero-order valence-corrected chi connectivity index (χ0v) is 16.9. The second kappa shape index (κ2) is 9.55. The minimum atomic E-state index is -0.180. The van der Waals surface area contributed by atoms with Crippen LogP contribution in [-0.4, -0.2) is 11.8 Å². The molecule has 0 unspecified atom stereocenters. The van der Waals surface area contributed by atoms with Crippen molar-refractivity contribution in [2.24, 2.45) is 0 Å². The van der Waals surface area contributed by atoms with Crippen molar-refractivity contribution in [2.45, 2.75) is 6.42 Å². The molecule has 4 aromatic rings. The summed E-state index contributed by atoms with van der Waals surface area (Å²) in [4.78, 5) is 24.7. The van der Waals surface area contributed by atoms with E-state index in [0.29, 0.717) is 23.4 Å². The largest absolute Gasteiger partial charge is 0.326 e. The Labute approximate surface area is 181 Å². The van der Waals surface area contributed by atoms with E-state index < -0.39 is 0 Å². The van der Waals surface area contributed by atoms with Crippen LogP contribution in [0.4, 0.5) is 11.4 Å². The second-order valence-corrected chi connectivity index (χ2v) is 7.19. The molecule has 4 aromatic carbocycles. The van der Waals surface area contributed by atoms with Crippen LogP contribution in [0.25, 0.3) is 11.1 Å². The molecule has 0 heterocycles. The highest BCUT2D eigenvalue weighted by Crippen LogP contribution is 2.20. The fourth-order valence-corrected chi connectivity index (χ4v) is 3.27. The van der Waals surface area contributed by atoms with Crippen LogP contribution in [0.5, 0.6) is 0 Å². The summed E-state index contributed by atoms with van der Waals surface area (Å²) in [5, 5.41) is 5.76. The molecule has 0 fully saturated rings. The molecule has 0 aliphatic heterocycles. The van der Waals surface area contributed by atoms with Crippen LogP contribution < -0.4 is 10.6 Å². The molecule has 0 spiro atoms. The molecule has 2 N–H and O–H groups in total. The minimum absolute atomic E-state index is 0.0820. The van der Waals surface area contributed by atoms with Gasteiger partial charge in [-0.3, -0.25) is 9.59 Å². The van der Waals surface area contributed by atoms with Gasteiger partial charge in [-0.15, -0.1) is 0 Å². The smallest absolute Gasteiger partial charge is 0.255 e. The van der Waals surface area contributed by atoms with Gasteiger partial charge < -0.3 is 10.6 Å². The first-order valence-corrected chi connectivity index (χ1v) is 10.1. The van der Waals surface area contributed by atoms with Crippen molar-refractivity contribution in [2.75, 3.05) is 10.6 Å². The highest BCUT2D eigenvalue weighted by Gasteiger charge is 2.08. The average Bonchev–Trinajstić information content (AvgIpc) is 2.81. The van der Waals surface area contributed by atoms with Crippen LogP contribution in [0.1, 0.15) is 15.9 Å². The molecule has 0 saturated carbocycles. The summed E-state index contributed by atoms with van der Waals surface area (Å²) in [6.07, 6.45) is 0.318. The lowest BCUT2D eigenvalue weighted by Crippen LogP contribution is -2.14. The standard InChI is InChI=1S/C27H22N2O2/c30-26(19-20-7-3-1-4-8-20)28-24-15-17-25(18-16-24)29-27(31)23-13-11-22(12-14-23)21-9-5-2-6-10-21/h1-18H,19H2,(H,28,30)(H,29,31). The van der Waals surface area contributed by atoms with E-state index in [4.69, 9.17) is 0 Å². The molecule has 0 atom stereocenters. The molecule has 0 aliphatic carbocycles. The molecule has 0 aliphatic rings. The predicted octanol–water partition coefficient (Wildman–Crippen LogP) is 5.79. The van der Waals surface area contributed by atoms with Gasteiger partial charge in [0.1, 0.15) is 0 Å². The molecule has 0 bridgehead atoms. The van der Waals surface area contributed by atoms with Gasteiger partial charge in [-0.2, -0.15) is 0 Å². The highest BCUT2D eigenvalue weighted by molar-refractivity contribution is 6.04. The first kappa shape index (κ1) is 20.1. The van der Waals surface area contributed by atoms with E-state index in [1.54, 1.807) is 24.3 Å². The van der Waals surface area contributed by atoms with E-state index in [1.807, 2.05) is 84.9 Å². The Morgan fingerprint density at radius 2 is 1.06 bits per heavy atom. The van der Waals surface area contributed by atoms with Crippen LogP contribution in [-0.2, 0) is 11.2 Å². The van der Waals surface area contributed by atoms with Crippen LogP contribution >= 0.6 is 0 Å². The maximum absolute atomic E-state index is 12.5. The van der Waals surface area contributed by atoms with Gasteiger partial charge in [-0.1, -0.05) is 72.8 Å². The molecule has 4 heteroatoms. The molecule has 0 radical (unpaired) electrons. The number of rotatable bonds is 6. The van der Waals surface area contributed by atoms with E-state index in [9.17, 15) is 9.59 Å². The van der Waals surface area contributed by atoms with Gasteiger partial charge in [-0.25, -0.2) is 0 Å². The topological polar surface area (TPSA) is 58.2 Å². The number of carbonyl (C=O) groups excluding carboxylic acids is 2. The van der Waals surface area contributed by atoms with Crippen molar-refractivity contribution in [1.82, 2.24) is 0 Å². The maximum atomic E-state index is 12.5. The summed E-state index contributed by atoms with van der Waals surface area (Å²) in [6, 6.07) is 34.2. The molecule has 4 rings (SSSR count). The summed E-state index contributed by atoms with van der Waals surface area (Å²) < 4.78 is 0. The quantitative estimate of drug-likeness (QED) is 0.426. The second-order valence-electron chi connectivity index (χ2n) is 7.19. The zero-order chi connectivity index (χ0) is 21.5. The number of hydrogen-bond donors (Lipinski definition) is 2. The lowest BCUT2D eigenvalue weighted by atomic mass is 10.0. The van der Waals surface area contributed by atoms with Crippen LogP contribution in [0.15, 0.2) is 109 Å². The Morgan fingerprint density at radius 1 is 0.548 bits per heavy atom. The van der Waals surface area contributed by atoms with E-state index in [-0.39, 0.29) is 11.8 Å². The lowest BCUT2D eigenvalue weighted by molar-refractivity contribution is -0.115. The number of amides is 2. The SMILES string of the molecule is O=C(Cc1ccccc1)Nc1ccc(NC(=O)c2ccc(-c3ccccc3)cc2)cc1. The van der Waals surface area contributed by atoms with E-state index in [0.717, 1.165) is 16.7 Å². The molecule has 4 nitrogen and oxygen atoms in total. The Balaban J connectivity index is 1.34. The molecular formula is C27H22N2O2. The summed E-state index contributed by atoms with van der Waals surface area (Å²) in [5.74, 6) is -0.262. The number of hydrogen-bond acceptors (Lipinski definition) is 2. The summed E-state index contributed by atoms with van der Waals surface area (Å²) in [6.45, 7) is 0. The highest BCUT2D eigenvalue weighted by atomic mass is 16.2. The summed E-state index contributed by atoms with van der Waals surface area (Å²) in [5.41, 5.74) is 5.07. The third-order valence-corrected chi connectivity index (χ3v) is 4.89. The van der Waals surface area contributed by atoms with Crippen molar-refractivity contribution in [3.8, 4) is 11.1 Å². The Hall–Kier alpha value is -4.18. The normalized spacial score (nSPS) is 10.3. The van der Waals surface area contributed by atoms with Gasteiger partial charge in [0.25, 0.3) is 5.91 Å². The van der Waals surface area contributed by atoms with Gasteiger partial charge in [0, 0.05) is 16.9 Å². The third kappa shape index (κ3) is 5.46. The molecule has 152 valence electrons. The van der Waals surface area contributed by atoms with E-state index in [2.05, 4.69) is 10.6 Å². The summed E-state index contributed by atoms with van der Waals surface area (Å²) in [7, 11) is 0. The molecule has 31 heavy (non-hydrogen) atoms. The molecule has 0 aromatic heterocycles. The number of benzene rings is 4. The number of nitrogens with one attached hydrogen (secondary N) is 2. The monoisotopic (exact) mass is 406 g/mol. The molecule has 0 saturated heterocycles. The molecule has 2 amide bonds. The van der Waals surface area contributed by atoms with Gasteiger partial charge in [0.2, 0.25) is 5.91 Å². The van der Waals surface area contributed by atoms with Gasteiger partial charge in [0.05, 0.1) is 6.42 Å². The van der Waals surface area contributed by atoms with Gasteiger partial charge in [0.15, 0.2) is 0 Å². The lowest BCUT2D eigenvalue weighted by Gasteiger charge is -2.09. The van der Waals surface area contributed by atoms with Crippen LogP contribution in [0.3, 0.4) is 0 Å². The Bertz CT molecular complexity index is 1150. The maximum Gasteiger partial charge on any atom is 0.255 e. The summed E-state index contributed by atoms with van der Waals surface area (Å²) >= 11 is 0. The fraction of sp³-hybridized carbons (Fsp3) is 0.0370. The van der Waals surface area contributed by atoms with Crippen LogP contribution in [0.2, 0.25) is 0 Å².